The first kappa shape index (κ1) is 15.0. The van der Waals surface area contributed by atoms with Crippen LogP contribution in [0.25, 0.3) is 0 Å². The molecule has 0 aliphatic rings. The summed E-state index contributed by atoms with van der Waals surface area (Å²) in [4.78, 5) is 11.7. The van der Waals surface area contributed by atoms with Gasteiger partial charge in [-0.2, -0.15) is 5.10 Å². The van der Waals surface area contributed by atoms with Crippen LogP contribution in [-0.2, 0) is 7.05 Å². The molecule has 1 unspecified atom stereocenters. The molecule has 0 saturated carbocycles. The molecule has 1 atom stereocenters. The van der Waals surface area contributed by atoms with E-state index in [1.807, 2.05) is 0 Å². The molecule has 2 aromatic rings. The molecule has 0 aliphatic heterocycles. The zero-order valence-corrected chi connectivity index (χ0v) is 13.0. The van der Waals surface area contributed by atoms with Crippen molar-refractivity contribution in [3.8, 4) is 0 Å². The topological polar surface area (TPSA) is 67.2 Å². The van der Waals surface area contributed by atoms with Crippen LogP contribution in [0.3, 0.4) is 0 Å². The van der Waals surface area contributed by atoms with Crippen molar-refractivity contribution >= 4 is 33.2 Å². The fourth-order valence-electron chi connectivity index (χ4n) is 1.64. The summed E-state index contributed by atoms with van der Waals surface area (Å²) in [5.41, 5.74) is 1.05. The molecule has 0 aliphatic carbocycles. The van der Waals surface area contributed by atoms with E-state index in [1.54, 1.807) is 31.3 Å². The Morgan fingerprint density at radius 1 is 1.45 bits per heavy atom. The molecule has 0 radical (unpaired) electrons. The second-order valence-electron chi connectivity index (χ2n) is 4.25. The van der Waals surface area contributed by atoms with Crippen LogP contribution >= 0.6 is 27.5 Å². The lowest BCUT2D eigenvalue weighted by molar-refractivity contribution is 0.191. The Hall–Kier alpha value is -1.37. The molecule has 2 rings (SSSR count). The number of anilines is 1. The molecule has 0 saturated heterocycles. The number of benzene rings is 1. The van der Waals surface area contributed by atoms with Gasteiger partial charge in [0.2, 0.25) is 0 Å². The van der Waals surface area contributed by atoms with Gasteiger partial charge in [-0.15, -0.1) is 0 Å². The van der Waals surface area contributed by atoms with Gasteiger partial charge in [-0.3, -0.25) is 4.79 Å². The van der Waals surface area contributed by atoms with Crippen LogP contribution in [-0.4, -0.2) is 21.4 Å². The smallest absolute Gasteiger partial charge is 0.282 e. The minimum Gasteiger partial charge on any atom is -0.387 e. The Labute approximate surface area is 129 Å². The highest BCUT2D eigenvalue weighted by molar-refractivity contribution is 9.10. The van der Waals surface area contributed by atoms with Gasteiger partial charge < -0.3 is 10.4 Å². The molecule has 7 heteroatoms. The summed E-state index contributed by atoms with van der Waals surface area (Å²) in [5.74, 6) is 0. The molecule has 20 heavy (non-hydrogen) atoms. The zero-order chi connectivity index (χ0) is 14.7. The van der Waals surface area contributed by atoms with E-state index in [0.717, 1.165) is 5.56 Å². The number of aliphatic hydroxyl groups excluding tert-OH is 1. The Morgan fingerprint density at radius 2 is 2.10 bits per heavy atom. The van der Waals surface area contributed by atoms with E-state index < -0.39 is 6.10 Å². The minimum atomic E-state index is -0.705. The second-order valence-corrected chi connectivity index (χ2v) is 5.48. The molecule has 0 fully saturated rings. The summed E-state index contributed by atoms with van der Waals surface area (Å²) < 4.78 is 1.61. The summed E-state index contributed by atoms with van der Waals surface area (Å²) >= 11 is 9.01. The summed E-state index contributed by atoms with van der Waals surface area (Å²) in [7, 11) is 1.57. The van der Waals surface area contributed by atoms with Crippen LogP contribution in [0.4, 0.5) is 5.69 Å². The number of hydrogen-bond donors (Lipinski definition) is 2. The first-order valence-electron chi connectivity index (χ1n) is 5.88. The van der Waals surface area contributed by atoms with Crippen LogP contribution in [0.15, 0.2) is 39.7 Å². The van der Waals surface area contributed by atoms with Gasteiger partial charge in [0.25, 0.3) is 5.56 Å². The summed E-state index contributed by atoms with van der Waals surface area (Å²) in [6.45, 7) is 0.259. The van der Waals surface area contributed by atoms with Crippen LogP contribution in [0.5, 0.6) is 0 Å². The summed E-state index contributed by atoms with van der Waals surface area (Å²) in [5, 5.41) is 17.6. The molecular formula is C13H13BrClN3O2. The Morgan fingerprint density at radius 3 is 2.75 bits per heavy atom. The number of aryl methyl sites for hydroxylation is 1. The average molecular weight is 359 g/mol. The van der Waals surface area contributed by atoms with E-state index in [9.17, 15) is 9.90 Å². The third kappa shape index (κ3) is 3.39. The van der Waals surface area contributed by atoms with Gasteiger partial charge in [0.1, 0.15) is 4.47 Å². The highest BCUT2D eigenvalue weighted by Gasteiger charge is 2.10. The summed E-state index contributed by atoms with van der Waals surface area (Å²) in [6.07, 6.45) is 0.822. The van der Waals surface area contributed by atoms with Gasteiger partial charge in [0.05, 0.1) is 18.0 Å². The van der Waals surface area contributed by atoms with Crippen LogP contribution in [0.1, 0.15) is 11.7 Å². The lowest BCUT2D eigenvalue weighted by atomic mass is 10.1. The largest absolute Gasteiger partial charge is 0.387 e. The molecule has 1 aromatic carbocycles. The predicted octanol–water partition coefficient (Wildman–Crippen LogP) is 2.34. The van der Waals surface area contributed by atoms with Crippen LogP contribution in [0, 0.1) is 0 Å². The third-order valence-electron chi connectivity index (χ3n) is 2.82. The maximum atomic E-state index is 11.7. The number of nitrogens with one attached hydrogen (secondary N) is 1. The first-order valence-corrected chi connectivity index (χ1v) is 7.05. The van der Waals surface area contributed by atoms with Crippen molar-refractivity contribution in [2.75, 3.05) is 11.9 Å². The fraction of sp³-hybridized carbons (Fsp3) is 0.231. The van der Waals surface area contributed by atoms with Crippen molar-refractivity contribution < 1.29 is 5.11 Å². The quantitative estimate of drug-likeness (QED) is 0.880. The van der Waals surface area contributed by atoms with Gasteiger partial charge in [0.15, 0.2) is 0 Å². The van der Waals surface area contributed by atoms with Crippen LogP contribution in [0.2, 0.25) is 5.02 Å². The van der Waals surface area contributed by atoms with Gasteiger partial charge in [-0.1, -0.05) is 23.7 Å². The SMILES string of the molecule is Cn1ncc(NCC(O)c2ccc(Cl)cc2)c(Br)c1=O. The fourth-order valence-corrected chi connectivity index (χ4v) is 2.27. The number of nitrogens with zero attached hydrogens (tertiary/aromatic N) is 2. The molecular weight excluding hydrogens is 346 g/mol. The van der Waals surface area contributed by atoms with E-state index in [2.05, 4.69) is 26.3 Å². The maximum absolute atomic E-state index is 11.7. The number of halogens is 2. The average Bonchev–Trinajstić information content (AvgIpc) is 2.44. The van der Waals surface area contributed by atoms with E-state index in [1.165, 1.54) is 10.9 Å². The standard InChI is InChI=1S/C13H13BrClN3O2/c1-18-13(20)12(14)10(6-17-18)16-7-11(19)8-2-4-9(15)5-3-8/h2-6,11,16,19H,7H2,1H3. The second kappa shape index (κ2) is 6.39. The zero-order valence-electron chi connectivity index (χ0n) is 10.7. The van der Waals surface area contributed by atoms with E-state index in [-0.39, 0.29) is 12.1 Å². The third-order valence-corrected chi connectivity index (χ3v) is 3.84. The van der Waals surface area contributed by atoms with Crippen LogP contribution < -0.4 is 10.9 Å². The Balaban J connectivity index is 2.07. The molecule has 0 amide bonds. The molecule has 0 bridgehead atoms. The number of hydrogen-bond acceptors (Lipinski definition) is 4. The highest BCUT2D eigenvalue weighted by atomic mass is 79.9. The lowest BCUT2D eigenvalue weighted by Crippen LogP contribution is -2.22. The van der Waals surface area contributed by atoms with Gasteiger partial charge in [-0.05, 0) is 33.6 Å². The molecule has 1 aromatic heterocycles. The summed E-state index contributed by atoms with van der Waals surface area (Å²) in [6, 6.07) is 6.95. The van der Waals surface area contributed by atoms with Crippen molar-refractivity contribution in [2.45, 2.75) is 6.10 Å². The van der Waals surface area contributed by atoms with Crippen molar-refractivity contribution in [1.29, 1.82) is 0 Å². The van der Waals surface area contributed by atoms with Crippen molar-refractivity contribution in [3.05, 3.63) is 55.9 Å². The van der Waals surface area contributed by atoms with E-state index in [4.69, 9.17) is 11.6 Å². The first-order chi connectivity index (χ1) is 9.49. The number of aromatic nitrogens is 2. The predicted molar refractivity (Wildman–Crippen MR) is 82.1 cm³/mol. The molecule has 2 N–H and O–H groups in total. The Kier molecular flexibility index (Phi) is 4.80. The maximum Gasteiger partial charge on any atom is 0.282 e. The highest BCUT2D eigenvalue weighted by Crippen LogP contribution is 2.20. The monoisotopic (exact) mass is 357 g/mol. The van der Waals surface area contributed by atoms with E-state index in [0.29, 0.717) is 15.2 Å². The van der Waals surface area contributed by atoms with Crippen molar-refractivity contribution in [1.82, 2.24) is 9.78 Å². The number of rotatable bonds is 4. The van der Waals surface area contributed by atoms with Crippen molar-refractivity contribution in [2.24, 2.45) is 7.05 Å². The Bertz CT molecular complexity index is 658. The minimum absolute atomic E-state index is 0.240. The van der Waals surface area contributed by atoms with Gasteiger partial charge in [-0.25, -0.2) is 4.68 Å². The lowest BCUT2D eigenvalue weighted by Gasteiger charge is -2.14. The van der Waals surface area contributed by atoms with Gasteiger partial charge >= 0.3 is 0 Å². The normalized spacial score (nSPS) is 12.2. The van der Waals surface area contributed by atoms with Gasteiger partial charge in [0, 0.05) is 18.6 Å². The number of aliphatic hydroxyl groups is 1. The van der Waals surface area contributed by atoms with E-state index >= 15 is 0 Å². The molecule has 1 heterocycles. The molecule has 106 valence electrons. The molecule has 5 nitrogen and oxygen atoms in total. The van der Waals surface area contributed by atoms with Crippen molar-refractivity contribution in [3.63, 3.8) is 0 Å². The molecule has 0 spiro atoms.